The van der Waals surface area contributed by atoms with Crippen LogP contribution in [-0.4, -0.2) is 67.2 Å². The summed E-state index contributed by atoms with van der Waals surface area (Å²) in [5.41, 5.74) is 0.167. The van der Waals surface area contributed by atoms with Crippen molar-refractivity contribution in [2.24, 2.45) is 0 Å². The normalized spacial score (nSPS) is 10.0. The fraction of sp³-hybridized carbons (Fsp3) is 0.231. The molecule has 0 heterocycles. The largest absolute Gasteiger partial charge is 0.478 e. The highest BCUT2D eigenvalue weighted by Gasteiger charge is 2.05. The molecule has 0 radical (unpaired) electrons. The molecule has 23 heavy (non-hydrogen) atoms. The van der Waals surface area contributed by atoms with Gasteiger partial charge in [-0.3, -0.25) is 0 Å². The Balaban J connectivity index is 0. The first-order chi connectivity index (χ1) is 10.5. The van der Waals surface area contributed by atoms with Crippen molar-refractivity contribution < 1.29 is 49.8 Å². The molecule has 10 heteroatoms. The molecule has 0 saturated heterocycles. The van der Waals surface area contributed by atoms with Gasteiger partial charge in [0.25, 0.3) is 0 Å². The molecule has 1 rings (SSSR count). The zero-order valence-corrected chi connectivity index (χ0v) is 11.9. The molecule has 0 spiro atoms. The van der Waals surface area contributed by atoms with Gasteiger partial charge in [0.1, 0.15) is 0 Å². The Morgan fingerprint density at radius 2 is 1.04 bits per heavy atom. The Bertz CT molecular complexity index is 487. The molecular weight excluding hydrogens is 316 g/mol. The third-order valence-corrected chi connectivity index (χ3v) is 1.83. The number of carboxylic acids is 4. The summed E-state index contributed by atoms with van der Waals surface area (Å²) < 4.78 is 0. The molecule has 0 aliphatic heterocycles. The second-order valence-electron chi connectivity index (χ2n) is 3.83. The molecule has 1 aromatic rings. The van der Waals surface area contributed by atoms with Crippen LogP contribution >= 0.6 is 0 Å². The standard InChI is InChI=1S/C8H6O4.C3H8O2.C2H2O4/c9-7(10)5-1-2-6(4-3-5)8(11)12;1-3(5)2-4;3-1(4)2(5)6/h1-4H,(H,9,10)(H,11,12);3-5H,2H2,1H3;(H,3,4)(H,5,6). The van der Waals surface area contributed by atoms with Crippen molar-refractivity contribution in [1.29, 1.82) is 0 Å². The molecule has 0 amide bonds. The van der Waals surface area contributed by atoms with Crippen LogP contribution in [0.25, 0.3) is 0 Å². The first-order valence-electron chi connectivity index (χ1n) is 5.84. The SMILES string of the molecule is CC(O)CO.O=C(O)C(=O)O.O=C(O)c1ccc(C(=O)O)cc1. The van der Waals surface area contributed by atoms with E-state index in [1.54, 1.807) is 0 Å². The van der Waals surface area contributed by atoms with E-state index in [-0.39, 0.29) is 17.7 Å². The van der Waals surface area contributed by atoms with E-state index in [1.807, 2.05) is 0 Å². The van der Waals surface area contributed by atoms with E-state index in [1.165, 1.54) is 31.2 Å². The van der Waals surface area contributed by atoms with Crippen LogP contribution in [0.1, 0.15) is 27.6 Å². The average molecular weight is 332 g/mol. The third-order valence-electron chi connectivity index (χ3n) is 1.83. The van der Waals surface area contributed by atoms with E-state index in [2.05, 4.69) is 0 Å². The summed E-state index contributed by atoms with van der Waals surface area (Å²) >= 11 is 0. The van der Waals surface area contributed by atoms with Crippen molar-refractivity contribution in [3.63, 3.8) is 0 Å². The molecular formula is C13H16O10. The van der Waals surface area contributed by atoms with Crippen LogP contribution < -0.4 is 0 Å². The minimum atomic E-state index is -1.82. The van der Waals surface area contributed by atoms with Gasteiger partial charge in [-0.1, -0.05) is 0 Å². The lowest BCUT2D eigenvalue weighted by atomic mass is 10.1. The van der Waals surface area contributed by atoms with Gasteiger partial charge in [-0.2, -0.15) is 0 Å². The Hall–Kier alpha value is -2.98. The zero-order chi connectivity index (χ0) is 18.6. The Labute approximate surface area is 129 Å². The minimum Gasteiger partial charge on any atom is -0.478 e. The summed E-state index contributed by atoms with van der Waals surface area (Å²) in [7, 11) is 0. The lowest BCUT2D eigenvalue weighted by Crippen LogP contribution is -2.09. The number of benzene rings is 1. The summed E-state index contributed by atoms with van der Waals surface area (Å²) in [4.78, 5) is 38.9. The number of carbonyl (C=O) groups is 4. The van der Waals surface area contributed by atoms with Crippen molar-refractivity contribution in [3.05, 3.63) is 35.4 Å². The molecule has 0 saturated carbocycles. The van der Waals surface area contributed by atoms with E-state index in [0.717, 1.165) is 0 Å². The van der Waals surface area contributed by atoms with Crippen LogP contribution in [0.4, 0.5) is 0 Å². The molecule has 6 N–H and O–H groups in total. The maximum Gasteiger partial charge on any atom is 0.414 e. The van der Waals surface area contributed by atoms with Crippen LogP contribution in [0.5, 0.6) is 0 Å². The number of aromatic carboxylic acids is 2. The van der Waals surface area contributed by atoms with Gasteiger partial charge in [0.05, 0.1) is 23.8 Å². The van der Waals surface area contributed by atoms with Gasteiger partial charge >= 0.3 is 23.9 Å². The topological polar surface area (TPSA) is 190 Å². The fourth-order valence-corrected chi connectivity index (χ4v) is 0.755. The number of carboxylic acid groups (broad SMARTS) is 4. The first-order valence-corrected chi connectivity index (χ1v) is 5.84. The van der Waals surface area contributed by atoms with Gasteiger partial charge in [-0.05, 0) is 31.2 Å². The van der Waals surface area contributed by atoms with Crippen LogP contribution in [0, 0.1) is 0 Å². The lowest BCUT2D eigenvalue weighted by molar-refractivity contribution is -0.159. The molecule has 10 nitrogen and oxygen atoms in total. The van der Waals surface area contributed by atoms with Gasteiger partial charge in [0, 0.05) is 0 Å². The van der Waals surface area contributed by atoms with Crippen molar-refractivity contribution in [2.75, 3.05) is 6.61 Å². The van der Waals surface area contributed by atoms with Gasteiger partial charge in [0.15, 0.2) is 0 Å². The number of hydrogen-bond acceptors (Lipinski definition) is 6. The molecule has 0 aliphatic rings. The number of aliphatic carboxylic acids is 2. The van der Waals surface area contributed by atoms with E-state index in [9.17, 15) is 9.59 Å². The predicted octanol–water partition coefficient (Wildman–Crippen LogP) is -0.402. The molecule has 1 atom stereocenters. The van der Waals surface area contributed by atoms with E-state index in [4.69, 9.17) is 40.2 Å². The monoisotopic (exact) mass is 332 g/mol. The average Bonchev–Trinajstić information content (AvgIpc) is 2.48. The highest BCUT2D eigenvalue weighted by molar-refractivity contribution is 6.27. The van der Waals surface area contributed by atoms with Crippen molar-refractivity contribution in [3.8, 4) is 0 Å². The summed E-state index contributed by atoms with van der Waals surface area (Å²) in [6.07, 6.45) is -0.560. The summed E-state index contributed by atoms with van der Waals surface area (Å²) in [5.74, 6) is -5.77. The van der Waals surface area contributed by atoms with Crippen LogP contribution in [0.2, 0.25) is 0 Å². The Morgan fingerprint density at radius 3 is 1.13 bits per heavy atom. The highest BCUT2D eigenvalue weighted by Crippen LogP contribution is 2.03. The van der Waals surface area contributed by atoms with Crippen LogP contribution in [-0.2, 0) is 9.59 Å². The quantitative estimate of drug-likeness (QED) is 0.397. The summed E-state index contributed by atoms with van der Waals surface area (Å²) in [6, 6.07) is 5.02. The number of rotatable bonds is 3. The maximum atomic E-state index is 10.3. The van der Waals surface area contributed by atoms with Crippen LogP contribution in [0.3, 0.4) is 0 Å². The van der Waals surface area contributed by atoms with E-state index in [0.29, 0.717) is 0 Å². The van der Waals surface area contributed by atoms with Crippen molar-refractivity contribution in [1.82, 2.24) is 0 Å². The summed E-state index contributed by atoms with van der Waals surface area (Å²) in [5, 5.41) is 47.7. The van der Waals surface area contributed by atoms with E-state index >= 15 is 0 Å². The fourth-order valence-electron chi connectivity index (χ4n) is 0.755. The lowest BCUT2D eigenvalue weighted by Gasteiger charge is -1.94. The molecule has 0 aromatic heterocycles. The molecule has 0 fully saturated rings. The molecule has 1 aromatic carbocycles. The number of hydrogen-bond donors (Lipinski definition) is 6. The van der Waals surface area contributed by atoms with Gasteiger partial charge in [-0.25, -0.2) is 19.2 Å². The van der Waals surface area contributed by atoms with E-state index < -0.39 is 30.0 Å². The summed E-state index contributed by atoms with van der Waals surface area (Å²) in [6.45, 7) is 1.39. The Kier molecular flexibility index (Phi) is 11.3. The predicted molar refractivity (Wildman–Crippen MR) is 74.4 cm³/mol. The maximum absolute atomic E-state index is 10.3. The minimum absolute atomic E-state index is 0.0833. The third kappa shape index (κ3) is 12.5. The second kappa shape index (κ2) is 11.7. The van der Waals surface area contributed by atoms with Crippen molar-refractivity contribution >= 4 is 23.9 Å². The first kappa shape index (κ1) is 22.3. The van der Waals surface area contributed by atoms with Crippen LogP contribution in [0.15, 0.2) is 24.3 Å². The molecule has 1 unspecified atom stereocenters. The number of aliphatic hydroxyl groups is 2. The van der Waals surface area contributed by atoms with Gasteiger partial charge < -0.3 is 30.6 Å². The molecule has 0 bridgehead atoms. The zero-order valence-electron chi connectivity index (χ0n) is 11.9. The Morgan fingerprint density at radius 1 is 0.826 bits per heavy atom. The molecule has 0 aliphatic carbocycles. The molecule has 128 valence electrons. The number of aliphatic hydroxyl groups excluding tert-OH is 2. The highest BCUT2D eigenvalue weighted by atomic mass is 16.4. The van der Waals surface area contributed by atoms with Crippen molar-refractivity contribution in [2.45, 2.75) is 13.0 Å². The smallest absolute Gasteiger partial charge is 0.414 e. The van der Waals surface area contributed by atoms with Gasteiger partial charge in [-0.15, -0.1) is 0 Å². The van der Waals surface area contributed by atoms with Gasteiger partial charge in [0.2, 0.25) is 0 Å². The second-order valence-corrected chi connectivity index (χ2v) is 3.83.